The van der Waals surface area contributed by atoms with Gasteiger partial charge in [0.2, 0.25) is 0 Å². The van der Waals surface area contributed by atoms with E-state index in [1.165, 1.54) is 24.3 Å². The summed E-state index contributed by atoms with van der Waals surface area (Å²) in [6.07, 6.45) is 3.90. The summed E-state index contributed by atoms with van der Waals surface area (Å²) >= 11 is 0. The van der Waals surface area contributed by atoms with Crippen LogP contribution in [0.3, 0.4) is 0 Å². The fraction of sp³-hybridized carbons (Fsp3) is 0.320. The number of ether oxygens (including phenoxy) is 1. The van der Waals surface area contributed by atoms with Gasteiger partial charge in [0.25, 0.3) is 11.8 Å². The first-order chi connectivity index (χ1) is 16.0. The van der Waals surface area contributed by atoms with Crippen molar-refractivity contribution in [2.75, 3.05) is 7.11 Å². The third-order valence-electron chi connectivity index (χ3n) is 5.85. The lowest BCUT2D eigenvalue weighted by atomic mass is 10.1. The van der Waals surface area contributed by atoms with Gasteiger partial charge in [0.1, 0.15) is 11.6 Å². The van der Waals surface area contributed by atoms with E-state index in [4.69, 9.17) is 9.26 Å². The molecule has 33 heavy (non-hydrogen) atoms. The quantitative estimate of drug-likeness (QED) is 0.551. The van der Waals surface area contributed by atoms with Gasteiger partial charge in [-0.3, -0.25) is 9.59 Å². The number of nitrogens with zero attached hydrogens (tertiary/aromatic N) is 2. The minimum Gasteiger partial charge on any atom is -0.497 e. The molecule has 0 spiro atoms. The van der Waals surface area contributed by atoms with E-state index < -0.39 is 0 Å². The molecule has 1 heterocycles. The molecule has 1 aliphatic rings. The molecule has 0 saturated heterocycles. The van der Waals surface area contributed by atoms with Crippen LogP contribution in [0.2, 0.25) is 0 Å². The van der Waals surface area contributed by atoms with Gasteiger partial charge in [-0.25, -0.2) is 4.39 Å². The normalized spacial score (nSPS) is 13.6. The number of nitrogens with one attached hydrogen (secondary N) is 1. The Morgan fingerprint density at radius 3 is 2.48 bits per heavy atom. The Morgan fingerprint density at radius 1 is 1.12 bits per heavy atom. The van der Waals surface area contributed by atoms with Crippen LogP contribution in [0, 0.1) is 5.82 Å². The summed E-state index contributed by atoms with van der Waals surface area (Å²) in [5.41, 5.74) is 1.49. The second-order valence-corrected chi connectivity index (χ2v) is 8.09. The van der Waals surface area contributed by atoms with Gasteiger partial charge in [-0.2, -0.15) is 0 Å². The molecule has 2 aromatic carbocycles. The summed E-state index contributed by atoms with van der Waals surface area (Å²) in [6.45, 7) is 0.530. The third-order valence-corrected chi connectivity index (χ3v) is 5.85. The van der Waals surface area contributed by atoms with Gasteiger partial charge in [-0.05, 0) is 54.8 Å². The zero-order valence-electron chi connectivity index (χ0n) is 18.4. The molecular weight excluding hydrogens is 425 g/mol. The van der Waals surface area contributed by atoms with Crippen molar-refractivity contribution in [3.8, 4) is 5.75 Å². The van der Waals surface area contributed by atoms with Crippen molar-refractivity contribution in [1.82, 2.24) is 15.4 Å². The van der Waals surface area contributed by atoms with Crippen LogP contribution < -0.4 is 10.1 Å². The highest BCUT2D eigenvalue weighted by molar-refractivity contribution is 5.94. The topological polar surface area (TPSA) is 84.7 Å². The van der Waals surface area contributed by atoms with Crippen LogP contribution in [0.25, 0.3) is 0 Å². The van der Waals surface area contributed by atoms with Crippen LogP contribution in [0.5, 0.6) is 5.75 Å². The number of hydrogen-bond donors (Lipinski definition) is 1. The molecule has 1 saturated carbocycles. The van der Waals surface area contributed by atoms with E-state index in [2.05, 4.69) is 10.5 Å². The lowest BCUT2D eigenvalue weighted by Crippen LogP contribution is -2.38. The van der Waals surface area contributed by atoms with E-state index in [1.54, 1.807) is 18.1 Å². The molecule has 8 heteroatoms. The van der Waals surface area contributed by atoms with E-state index in [0.717, 1.165) is 37.0 Å². The summed E-state index contributed by atoms with van der Waals surface area (Å²) in [6, 6.07) is 14.5. The highest BCUT2D eigenvalue weighted by Crippen LogP contribution is 2.27. The van der Waals surface area contributed by atoms with Crippen molar-refractivity contribution in [3.05, 3.63) is 83.0 Å². The molecule has 0 bridgehead atoms. The maximum absolute atomic E-state index is 13.3. The molecule has 1 aromatic heterocycles. The van der Waals surface area contributed by atoms with Crippen LogP contribution >= 0.6 is 0 Å². The number of methoxy groups -OCH3 is 1. The molecule has 0 unspecified atom stereocenters. The van der Waals surface area contributed by atoms with Crippen LogP contribution in [0.15, 0.2) is 59.1 Å². The molecule has 0 radical (unpaired) electrons. The fourth-order valence-corrected chi connectivity index (χ4v) is 4.02. The van der Waals surface area contributed by atoms with E-state index in [0.29, 0.717) is 17.9 Å². The van der Waals surface area contributed by atoms with E-state index in [9.17, 15) is 14.0 Å². The monoisotopic (exact) mass is 451 g/mol. The van der Waals surface area contributed by atoms with Crippen LogP contribution in [-0.4, -0.2) is 35.0 Å². The van der Waals surface area contributed by atoms with Gasteiger partial charge in [-0.15, -0.1) is 0 Å². The lowest BCUT2D eigenvalue weighted by molar-refractivity contribution is 0.0643. The molecular formula is C25H26FN3O4. The van der Waals surface area contributed by atoms with E-state index in [1.807, 2.05) is 24.3 Å². The molecule has 1 N–H and O–H groups in total. The molecule has 7 nitrogen and oxygen atoms in total. The molecule has 172 valence electrons. The van der Waals surface area contributed by atoms with Crippen molar-refractivity contribution in [2.45, 2.75) is 44.8 Å². The predicted octanol–water partition coefficient (Wildman–Crippen LogP) is 4.34. The third kappa shape index (κ3) is 5.58. The van der Waals surface area contributed by atoms with Gasteiger partial charge in [0, 0.05) is 24.2 Å². The average Bonchev–Trinajstić information content (AvgIpc) is 3.54. The number of carbonyl (C=O) groups excluding carboxylic acids is 2. The van der Waals surface area contributed by atoms with Gasteiger partial charge in [0.15, 0.2) is 11.5 Å². The molecule has 2 amide bonds. The Balaban J connectivity index is 1.42. The Labute approximate surface area is 191 Å². The average molecular weight is 451 g/mol. The summed E-state index contributed by atoms with van der Waals surface area (Å²) < 4.78 is 23.8. The van der Waals surface area contributed by atoms with Crippen LogP contribution in [-0.2, 0) is 13.1 Å². The fourth-order valence-electron chi connectivity index (χ4n) is 4.02. The first-order valence-corrected chi connectivity index (χ1v) is 11.0. The van der Waals surface area contributed by atoms with Crippen molar-refractivity contribution in [2.24, 2.45) is 0 Å². The number of halogens is 1. The second-order valence-electron chi connectivity index (χ2n) is 8.09. The Morgan fingerprint density at radius 2 is 1.82 bits per heavy atom. The van der Waals surface area contributed by atoms with Crippen LogP contribution in [0.1, 0.15) is 57.9 Å². The molecule has 0 aliphatic heterocycles. The maximum Gasteiger partial charge on any atom is 0.273 e. The van der Waals surface area contributed by atoms with Crippen molar-refractivity contribution < 1.29 is 23.2 Å². The summed E-state index contributed by atoms with van der Waals surface area (Å²) in [4.78, 5) is 27.4. The molecule has 1 fully saturated rings. The Bertz CT molecular complexity index is 1090. The van der Waals surface area contributed by atoms with Gasteiger partial charge < -0.3 is 19.5 Å². The number of carbonyl (C=O) groups is 2. The van der Waals surface area contributed by atoms with Crippen molar-refractivity contribution >= 4 is 11.8 Å². The minimum atomic E-state index is -0.389. The predicted molar refractivity (Wildman–Crippen MR) is 119 cm³/mol. The highest BCUT2D eigenvalue weighted by Gasteiger charge is 2.29. The first-order valence-electron chi connectivity index (χ1n) is 11.0. The summed E-state index contributed by atoms with van der Waals surface area (Å²) in [5.74, 6) is 0.224. The zero-order chi connectivity index (χ0) is 23.2. The van der Waals surface area contributed by atoms with E-state index >= 15 is 0 Å². The number of hydrogen-bond acceptors (Lipinski definition) is 5. The first kappa shape index (κ1) is 22.5. The Kier molecular flexibility index (Phi) is 7.02. The zero-order valence-corrected chi connectivity index (χ0v) is 18.4. The largest absolute Gasteiger partial charge is 0.497 e. The van der Waals surface area contributed by atoms with Gasteiger partial charge in [-0.1, -0.05) is 30.1 Å². The lowest BCUT2D eigenvalue weighted by Gasteiger charge is -2.28. The number of aromatic nitrogens is 1. The summed E-state index contributed by atoms with van der Waals surface area (Å²) in [7, 11) is 1.60. The maximum atomic E-state index is 13.3. The minimum absolute atomic E-state index is 0.0694. The molecule has 3 aromatic rings. The smallest absolute Gasteiger partial charge is 0.273 e. The molecule has 4 rings (SSSR count). The Hall–Kier alpha value is -3.68. The van der Waals surface area contributed by atoms with E-state index in [-0.39, 0.29) is 35.9 Å². The molecule has 1 aliphatic carbocycles. The highest BCUT2D eigenvalue weighted by atomic mass is 19.1. The number of benzene rings is 2. The standard InChI is InChI=1S/C25H26FN3O4/c1-32-21-12-6-17(7-13-21)15-27-24(30)23-14-22(33-28-23)16-29(20-4-2-3-5-20)25(31)18-8-10-19(26)11-9-18/h6-14,20H,2-5,15-16H2,1H3,(H,27,30). The SMILES string of the molecule is COc1ccc(CNC(=O)c2cc(CN(C(=O)c3ccc(F)cc3)C3CCCC3)on2)cc1. The van der Waals surface area contributed by atoms with Crippen molar-refractivity contribution in [3.63, 3.8) is 0 Å². The van der Waals surface area contributed by atoms with Crippen molar-refractivity contribution in [1.29, 1.82) is 0 Å². The summed E-state index contributed by atoms with van der Waals surface area (Å²) in [5, 5.41) is 6.69. The van der Waals surface area contributed by atoms with Gasteiger partial charge in [0.05, 0.1) is 13.7 Å². The number of amides is 2. The van der Waals surface area contributed by atoms with Crippen LogP contribution in [0.4, 0.5) is 4.39 Å². The second kappa shape index (κ2) is 10.3. The molecule has 0 atom stereocenters. The number of rotatable bonds is 8. The van der Waals surface area contributed by atoms with Gasteiger partial charge >= 0.3 is 0 Å².